The third kappa shape index (κ3) is 5.31. The first-order valence-corrected chi connectivity index (χ1v) is 9.81. The van der Waals surface area contributed by atoms with Crippen LogP contribution >= 0.6 is 11.8 Å². The van der Waals surface area contributed by atoms with Crippen molar-refractivity contribution in [2.24, 2.45) is 0 Å². The van der Waals surface area contributed by atoms with Crippen LogP contribution in [0.3, 0.4) is 0 Å². The Bertz CT molecular complexity index is 885. The van der Waals surface area contributed by atoms with Crippen LogP contribution in [0.1, 0.15) is 34.5 Å². The number of pyridine rings is 2. The Labute approximate surface area is 163 Å². The average molecular weight is 379 g/mol. The Balaban J connectivity index is 1.58. The van der Waals surface area contributed by atoms with Crippen LogP contribution in [0, 0.1) is 0 Å². The van der Waals surface area contributed by atoms with Crippen molar-refractivity contribution in [2.45, 2.75) is 24.6 Å². The van der Waals surface area contributed by atoms with Crippen molar-refractivity contribution in [1.82, 2.24) is 15.3 Å². The molecule has 0 radical (unpaired) electrons. The van der Waals surface area contributed by atoms with E-state index in [-0.39, 0.29) is 11.9 Å². The third-order valence-corrected chi connectivity index (χ3v) is 4.70. The molecule has 0 bridgehead atoms. The summed E-state index contributed by atoms with van der Waals surface area (Å²) in [6.07, 6.45) is 7.11. The SMILES string of the molecule is CSc1cc(C(=O)NC(C)c2ccc(OCc3cccnc3)cc2)ccn1. The summed E-state index contributed by atoms with van der Waals surface area (Å²) in [5.74, 6) is 0.664. The highest BCUT2D eigenvalue weighted by Crippen LogP contribution is 2.19. The van der Waals surface area contributed by atoms with E-state index in [1.165, 1.54) is 11.8 Å². The van der Waals surface area contributed by atoms with Gasteiger partial charge in [0.15, 0.2) is 0 Å². The number of carbonyl (C=O) groups is 1. The van der Waals surface area contributed by atoms with Gasteiger partial charge in [0.05, 0.1) is 11.1 Å². The van der Waals surface area contributed by atoms with Crippen molar-refractivity contribution in [2.75, 3.05) is 6.26 Å². The predicted molar refractivity (Wildman–Crippen MR) is 107 cm³/mol. The van der Waals surface area contributed by atoms with Crippen LogP contribution in [-0.2, 0) is 6.61 Å². The molecule has 0 fully saturated rings. The highest BCUT2D eigenvalue weighted by Gasteiger charge is 2.12. The van der Waals surface area contributed by atoms with Crippen molar-refractivity contribution in [3.8, 4) is 5.75 Å². The minimum atomic E-state index is -0.115. The van der Waals surface area contributed by atoms with E-state index in [4.69, 9.17) is 4.74 Å². The molecule has 6 heteroatoms. The first-order valence-electron chi connectivity index (χ1n) is 8.58. The molecule has 0 aliphatic rings. The number of hydrogen-bond donors (Lipinski definition) is 1. The molecule has 2 heterocycles. The van der Waals surface area contributed by atoms with Gasteiger partial charge in [0, 0.05) is 29.7 Å². The van der Waals surface area contributed by atoms with Gasteiger partial charge in [0.1, 0.15) is 12.4 Å². The number of nitrogens with one attached hydrogen (secondary N) is 1. The molecule has 0 aliphatic heterocycles. The molecule has 0 saturated carbocycles. The van der Waals surface area contributed by atoms with Crippen LogP contribution in [0.2, 0.25) is 0 Å². The smallest absolute Gasteiger partial charge is 0.251 e. The molecule has 1 atom stereocenters. The van der Waals surface area contributed by atoms with Gasteiger partial charge >= 0.3 is 0 Å². The minimum absolute atomic E-state index is 0.114. The maximum absolute atomic E-state index is 12.4. The zero-order chi connectivity index (χ0) is 19.1. The summed E-state index contributed by atoms with van der Waals surface area (Å²) in [6, 6.07) is 15.0. The zero-order valence-electron chi connectivity index (χ0n) is 15.3. The van der Waals surface area contributed by atoms with Gasteiger partial charge in [-0.3, -0.25) is 9.78 Å². The van der Waals surface area contributed by atoms with Crippen molar-refractivity contribution >= 4 is 17.7 Å². The Morgan fingerprint density at radius 3 is 2.70 bits per heavy atom. The van der Waals surface area contributed by atoms with Crippen molar-refractivity contribution in [3.63, 3.8) is 0 Å². The van der Waals surface area contributed by atoms with Gasteiger partial charge in [-0.2, -0.15) is 0 Å². The topological polar surface area (TPSA) is 64.1 Å². The zero-order valence-corrected chi connectivity index (χ0v) is 16.1. The molecule has 5 nitrogen and oxygen atoms in total. The molecule has 2 aromatic heterocycles. The number of nitrogens with zero attached hydrogens (tertiary/aromatic N) is 2. The summed E-state index contributed by atoms with van der Waals surface area (Å²) >= 11 is 1.51. The number of benzene rings is 1. The fourth-order valence-corrected chi connectivity index (χ4v) is 2.94. The second-order valence-electron chi connectivity index (χ2n) is 6.00. The van der Waals surface area contributed by atoms with E-state index in [2.05, 4.69) is 15.3 Å². The highest BCUT2D eigenvalue weighted by molar-refractivity contribution is 7.98. The molecule has 3 aromatic rings. The van der Waals surface area contributed by atoms with E-state index in [0.717, 1.165) is 21.9 Å². The van der Waals surface area contributed by atoms with E-state index in [0.29, 0.717) is 12.2 Å². The highest BCUT2D eigenvalue weighted by atomic mass is 32.2. The first kappa shape index (κ1) is 18.9. The second-order valence-corrected chi connectivity index (χ2v) is 6.83. The van der Waals surface area contributed by atoms with Crippen LogP contribution in [0.25, 0.3) is 0 Å². The van der Waals surface area contributed by atoms with E-state index < -0.39 is 0 Å². The Morgan fingerprint density at radius 1 is 1.19 bits per heavy atom. The van der Waals surface area contributed by atoms with Crippen LogP contribution in [0.4, 0.5) is 0 Å². The van der Waals surface area contributed by atoms with E-state index in [1.54, 1.807) is 30.7 Å². The fourth-order valence-electron chi connectivity index (χ4n) is 2.53. The van der Waals surface area contributed by atoms with Crippen molar-refractivity contribution < 1.29 is 9.53 Å². The van der Waals surface area contributed by atoms with Gasteiger partial charge in [0.25, 0.3) is 5.91 Å². The normalized spacial score (nSPS) is 11.6. The molecular formula is C21H21N3O2S. The molecule has 1 N–H and O–H groups in total. The molecular weight excluding hydrogens is 358 g/mol. The summed E-state index contributed by atoms with van der Waals surface area (Å²) in [4.78, 5) is 20.7. The van der Waals surface area contributed by atoms with Crippen LogP contribution in [0.15, 0.2) is 72.1 Å². The monoisotopic (exact) mass is 379 g/mol. The molecule has 1 amide bonds. The number of thioether (sulfide) groups is 1. The number of amides is 1. The van der Waals surface area contributed by atoms with Crippen LogP contribution in [0.5, 0.6) is 5.75 Å². The molecule has 27 heavy (non-hydrogen) atoms. The number of hydrogen-bond acceptors (Lipinski definition) is 5. The lowest BCUT2D eigenvalue weighted by molar-refractivity contribution is 0.0939. The second kappa shape index (κ2) is 9.19. The van der Waals surface area contributed by atoms with Gasteiger partial charge in [-0.1, -0.05) is 18.2 Å². The molecule has 0 aliphatic carbocycles. The largest absolute Gasteiger partial charge is 0.489 e. The minimum Gasteiger partial charge on any atom is -0.489 e. The lowest BCUT2D eigenvalue weighted by Crippen LogP contribution is -2.26. The third-order valence-electron chi connectivity index (χ3n) is 4.06. The van der Waals surface area contributed by atoms with Gasteiger partial charge in [0.2, 0.25) is 0 Å². The Kier molecular flexibility index (Phi) is 6.44. The lowest BCUT2D eigenvalue weighted by Gasteiger charge is -2.15. The van der Waals surface area contributed by atoms with Gasteiger partial charge in [-0.05, 0) is 49.1 Å². The lowest BCUT2D eigenvalue weighted by atomic mass is 10.1. The number of carbonyl (C=O) groups excluding carboxylic acids is 1. The average Bonchev–Trinajstić information content (AvgIpc) is 2.73. The Morgan fingerprint density at radius 2 is 2.00 bits per heavy atom. The molecule has 0 spiro atoms. The summed E-state index contributed by atoms with van der Waals surface area (Å²) in [5, 5.41) is 3.84. The summed E-state index contributed by atoms with van der Waals surface area (Å²) in [6.45, 7) is 2.43. The Hall–Kier alpha value is -2.86. The number of ether oxygens (including phenoxy) is 1. The fraction of sp³-hybridized carbons (Fsp3) is 0.190. The van der Waals surface area contributed by atoms with E-state index in [1.807, 2.05) is 49.6 Å². The number of rotatable bonds is 7. The van der Waals surface area contributed by atoms with Gasteiger partial charge < -0.3 is 10.1 Å². The maximum Gasteiger partial charge on any atom is 0.251 e. The van der Waals surface area contributed by atoms with Gasteiger partial charge in [-0.15, -0.1) is 11.8 Å². The first-order chi connectivity index (χ1) is 13.2. The molecule has 3 rings (SSSR count). The predicted octanol–water partition coefficient (Wildman–Crippen LogP) is 4.27. The summed E-state index contributed by atoms with van der Waals surface area (Å²) in [5.41, 5.74) is 2.64. The molecule has 1 unspecified atom stereocenters. The maximum atomic E-state index is 12.4. The summed E-state index contributed by atoms with van der Waals surface area (Å²) in [7, 11) is 0. The molecule has 0 saturated heterocycles. The standard InChI is InChI=1S/C21H21N3O2S/c1-15(24-21(25)18-9-11-23-20(12-18)27-2)17-5-7-19(8-6-17)26-14-16-4-3-10-22-13-16/h3-13,15H,14H2,1-2H3,(H,24,25). The van der Waals surface area contributed by atoms with E-state index in [9.17, 15) is 4.79 Å². The number of aromatic nitrogens is 2. The molecule has 1 aromatic carbocycles. The van der Waals surface area contributed by atoms with Crippen LogP contribution < -0.4 is 10.1 Å². The van der Waals surface area contributed by atoms with Crippen molar-refractivity contribution in [3.05, 3.63) is 83.8 Å². The van der Waals surface area contributed by atoms with Gasteiger partial charge in [-0.25, -0.2) is 4.98 Å². The van der Waals surface area contributed by atoms with Crippen molar-refractivity contribution in [1.29, 1.82) is 0 Å². The van der Waals surface area contributed by atoms with Crippen LogP contribution in [-0.4, -0.2) is 22.1 Å². The molecule has 138 valence electrons. The quantitative estimate of drug-likeness (QED) is 0.621. The van der Waals surface area contributed by atoms with E-state index >= 15 is 0 Å². The summed E-state index contributed by atoms with van der Waals surface area (Å²) < 4.78 is 5.77.